The van der Waals surface area contributed by atoms with Crippen LogP contribution in [0.3, 0.4) is 0 Å². The molecule has 0 N–H and O–H groups in total. The van der Waals surface area contributed by atoms with Gasteiger partial charge in [0.25, 0.3) is 0 Å². The van der Waals surface area contributed by atoms with Gasteiger partial charge < -0.3 is 4.70 Å². The third kappa shape index (κ3) is 8.19. The van der Waals surface area contributed by atoms with Gasteiger partial charge in [0.05, 0.1) is 0 Å². The topological polar surface area (TPSA) is 0 Å². The monoisotopic (exact) mass is 396 g/mol. The number of rotatable bonds is 2. The van der Waals surface area contributed by atoms with E-state index in [4.69, 9.17) is 0 Å². The van der Waals surface area contributed by atoms with Gasteiger partial charge in [0, 0.05) is 0 Å². The average molecular weight is 396 g/mol. The molecule has 2 aromatic carbocycles. The predicted molar refractivity (Wildman–Crippen MR) is 68.8 cm³/mol. The molecule has 0 unspecified atom stereocenters. The van der Waals surface area contributed by atoms with Crippen LogP contribution in [0.4, 0.5) is 12.9 Å². The molecule has 0 saturated carbocycles. The maximum absolute atomic E-state index is 9.67. The summed E-state index contributed by atoms with van der Waals surface area (Å²) in [5, 5.41) is 0. The minimum Gasteiger partial charge on any atom is -1.00 e. The first kappa shape index (κ1) is 19.0. The minimum atomic E-state index is -3.67. The van der Waals surface area contributed by atoms with Crippen molar-refractivity contribution in [3.05, 3.63) is 66.8 Å². The molecule has 0 aliphatic rings. The van der Waals surface area contributed by atoms with E-state index in [1.54, 1.807) is 0 Å². The fraction of sp³-hybridized carbons (Fsp3) is 0.143. The van der Waals surface area contributed by atoms with Crippen molar-refractivity contribution in [2.45, 2.75) is 13.8 Å². The van der Waals surface area contributed by atoms with Crippen LogP contribution in [-0.2, 0) is 0 Å². The van der Waals surface area contributed by atoms with E-state index < -0.39 is 7.54 Å². The molecule has 20 heavy (non-hydrogen) atoms. The van der Waals surface area contributed by atoms with Gasteiger partial charge in [-0.3, -0.25) is 12.9 Å². The van der Waals surface area contributed by atoms with E-state index >= 15 is 0 Å². The van der Waals surface area contributed by atoms with Crippen molar-refractivity contribution in [1.82, 2.24) is 0 Å². The molecule has 0 radical (unpaired) electrons. The van der Waals surface area contributed by atoms with Crippen LogP contribution < -0.4 is 25.9 Å². The van der Waals surface area contributed by atoms with Gasteiger partial charge >= 0.3 is 109 Å². The van der Waals surface area contributed by atoms with Crippen molar-refractivity contribution in [2.24, 2.45) is 0 Å². The Morgan fingerprint density at radius 3 is 1.20 bits per heavy atom. The van der Waals surface area contributed by atoms with Crippen LogP contribution in [0.15, 0.2) is 48.5 Å². The number of hydrogen-bond donors (Lipinski definition) is 0. The van der Waals surface area contributed by atoms with Gasteiger partial charge in [-0.05, 0) is 0 Å². The number of aryl methyl sites for hydroxylation is 2. The van der Waals surface area contributed by atoms with Gasteiger partial charge in [-0.15, -0.1) is 0 Å². The van der Waals surface area contributed by atoms with Crippen LogP contribution in [0.5, 0.6) is 0 Å². The summed E-state index contributed by atoms with van der Waals surface area (Å²) < 4.78 is 32.0. The number of benzene rings is 2. The van der Waals surface area contributed by atoms with Crippen LogP contribution in [0.2, 0.25) is 0 Å². The zero-order chi connectivity index (χ0) is 14.3. The summed E-state index contributed by atoms with van der Waals surface area (Å²) in [6.07, 6.45) is 0. The molecule has 0 atom stereocenters. The Morgan fingerprint density at radius 1 is 0.700 bits per heavy atom. The van der Waals surface area contributed by atoms with Gasteiger partial charge in [-0.2, -0.15) is 0 Å². The fourth-order valence-corrected chi connectivity index (χ4v) is 3.48. The first-order chi connectivity index (χ1) is 8.97. The van der Waals surface area contributed by atoms with Gasteiger partial charge in [-0.25, -0.2) is 0 Å². The first-order valence-electron chi connectivity index (χ1n) is 5.68. The van der Waals surface area contributed by atoms with Gasteiger partial charge in [0.15, 0.2) is 0 Å². The molecule has 6 heteroatoms. The third-order valence-corrected chi connectivity index (χ3v) is 4.92. The van der Waals surface area contributed by atoms with Crippen LogP contribution in [0.1, 0.15) is 11.1 Å². The Kier molecular flexibility index (Phi) is 9.28. The smallest absolute Gasteiger partial charge is 0.762 e. The summed E-state index contributed by atoms with van der Waals surface area (Å²) in [4.78, 5) is 0. The molecule has 0 aliphatic carbocycles. The molecule has 0 saturated heterocycles. The van der Waals surface area contributed by atoms with Crippen molar-refractivity contribution >= 4 is 7.54 Å². The van der Waals surface area contributed by atoms with Crippen LogP contribution in [0, 0.1) is 21.0 Å². The molecule has 0 amide bonds. The van der Waals surface area contributed by atoms with E-state index in [0.29, 0.717) is 0 Å². The summed E-state index contributed by atoms with van der Waals surface area (Å²) in [7, 11) is -3.67. The second kappa shape index (κ2) is 9.80. The molecule has 2 rings (SSSR count). The average Bonchev–Trinajstić information content (AvgIpc) is 2.34. The van der Waals surface area contributed by atoms with Crippen LogP contribution in [0.25, 0.3) is 0 Å². The summed E-state index contributed by atoms with van der Waals surface area (Å²) in [5.41, 5.74) is 2.68. The number of halogens is 5. The largest absolute Gasteiger partial charge is 1.00 e. The molecule has 110 valence electrons. The molecular weight excluding hydrogens is 382 g/mol. The standard InChI is InChI=1S/C14H14I.BF3.FH/c1-11-3-7-13(8-4-11)15-14-9-5-12(2)6-10-14;2-1(3)4;/h3-10H,1-2H3;;1H/q-1;;/p-1. The predicted octanol–water partition coefficient (Wildman–Crippen LogP) is -1.68. The molecule has 0 aromatic heterocycles. The second-order valence-corrected chi connectivity index (χ2v) is 6.96. The Morgan fingerprint density at radius 2 is 0.950 bits per heavy atom. The summed E-state index contributed by atoms with van der Waals surface area (Å²) in [5.74, 6) is 0. The summed E-state index contributed by atoms with van der Waals surface area (Å²) in [6.45, 7) is 4.27. The van der Waals surface area contributed by atoms with E-state index in [-0.39, 0.29) is 25.9 Å². The van der Waals surface area contributed by atoms with Crippen LogP contribution >= 0.6 is 0 Å². The normalized spacial score (nSPS) is 9.25. The first-order valence-corrected chi connectivity index (χ1v) is 7.83. The van der Waals surface area contributed by atoms with E-state index in [9.17, 15) is 12.9 Å². The zero-order valence-corrected chi connectivity index (χ0v) is 13.2. The second-order valence-electron chi connectivity index (χ2n) is 3.93. The fourth-order valence-electron chi connectivity index (χ4n) is 1.32. The maximum Gasteiger partial charge on any atom is 0.762 e. The van der Waals surface area contributed by atoms with Gasteiger partial charge in [0.1, 0.15) is 0 Å². The van der Waals surface area contributed by atoms with E-state index in [1.165, 1.54) is 18.3 Å². The Labute approximate surface area is 127 Å². The van der Waals surface area contributed by atoms with Crippen LogP contribution in [-0.4, -0.2) is 7.54 Å². The Bertz CT molecular complexity index is 439. The molecule has 0 bridgehead atoms. The van der Waals surface area contributed by atoms with E-state index in [0.717, 1.165) is 0 Å². The van der Waals surface area contributed by atoms with Crippen molar-refractivity contribution < 1.29 is 38.9 Å². The van der Waals surface area contributed by atoms with Crippen molar-refractivity contribution in [3.63, 3.8) is 0 Å². The molecule has 0 heterocycles. The van der Waals surface area contributed by atoms with Crippen molar-refractivity contribution in [3.8, 4) is 0 Å². The zero-order valence-electron chi connectivity index (χ0n) is 11.1. The molecular formula is C14H14BF4I-2. The molecule has 2 aromatic rings. The van der Waals surface area contributed by atoms with E-state index in [2.05, 4.69) is 62.4 Å². The summed E-state index contributed by atoms with van der Waals surface area (Å²) in [6, 6.07) is 17.8. The maximum atomic E-state index is 9.67. The number of hydrogen-bond acceptors (Lipinski definition) is 0. The molecule has 0 aliphatic heterocycles. The molecule has 0 fully saturated rings. The van der Waals surface area contributed by atoms with Gasteiger partial charge in [0.2, 0.25) is 0 Å². The summed E-state index contributed by atoms with van der Waals surface area (Å²) >= 11 is 0.00313. The van der Waals surface area contributed by atoms with Gasteiger partial charge in [-0.1, -0.05) is 0 Å². The van der Waals surface area contributed by atoms with E-state index in [1.807, 2.05) is 0 Å². The molecule has 0 spiro atoms. The van der Waals surface area contributed by atoms with Crippen molar-refractivity contribution in [1.29, 1.82) is 0 Å². The minimum absolute atomic E-state index is 0. The molecule has 0 nitrogen and oxygen atoms in total. The quantitative estimate of drug-likeness (QED) is 0.323. The SMILES string of the molecule is Cc1ccc([I-]c2ccc(C)cc2)cc1.FB(F)F.[F-]. The third-order valence-electron chi connectivity index (χ3n) is 2.24. The Hall–Kier alpha value is -1.05. The Balaban J connectivity index is 0.000000644. The van der Waals surface area contributed by atoms with Crippen molar-refractivity contribution in [2.75, 3.05) is 0 Å².